The molecule has 0 unspecified atom stereocenters. The molecule has 0 bridgehead atoms. The zero-order valence-corrected chi connectivity index (χ0v) is 16.0. The standard InChI is InChI=1S/C18H18ClF3O4S/c1-2-3-4-11-27(23,24)26-14-8-5-7-13(12-14)25-16-10-6-9-15(17(16)19)18(20,21)22/h5-10,12H,2-4,11H2,1H3. The van der Waals surface area contributed by atoms with Gasteiger partial charge in [-0.25, -0.2) is 0 Å². The van der Waals surface area contributed by atoms with E-state index >= 15 is 0 Å². The summed E-state index contributed by atoms with van der Waals surface area (Å²) in [6, 6.07) is 8.90. The molecule has 2 rings (SSSR count). The van der Waals surface area contributed by atoms with E-state index in [1.807, 2.05) is 6.92 Å². The number of alkyl halides is 3. The Kier molecular flexibility index (Phi) is 7.00. The van der Waals surface area contributed by atoms with Gasteiger partial charge in [0, 0.05) is 6.07 Å². The lowest BCUT2D eigenvalue weighted by Crippen LogP contribution is -2.13. The van der Waals surface area contributed by atoms with Gasteiger partial charge in [0.2, 0.25) is 0 Å². The van der Waals surface area contributed by atoms with E-state index in [0.29, 0.717) is 6.42 Å². The quantitative estimate of drug-likeness (QED) is 0.384. The van der Waals surface area contributed by atoms with E-state index in [9.17, 15) is 21.6 Å². The Morgan fingerprint density at radius 3 is 2.37 bits per heavy atom. The van der Waals surface area contributed by atoms with Gasteiger partial charge in [-0.2, -0.15) is 21.6 Å². The van der Waals surface area contributed by atoms with Crippen molar-refractivity contribution in [1.82, 2.24) is 0 Å². The first-order valence-corrected chi connectivity index (χ1v) is 10.1. The fourth-order valence-corrected chi connectivity index (χ4v) is 3.55. The van der Waals surface area contributed by atoms with Crippen molar-refractivity contribution in [2.75, 3.05) is 5.75 Å². The molecule has 0 atom stereocenters. The second-order valence-corrected chi connectivity index (χ2v) is 7.81. The van der Waals surface area contributed by atoms with Gasteiger partial charge in [-0.15, -0.1) is 0 Å². The predicted octanol–water partition coefficient (Wildman–Crippen LogP) is 6.05. The third kappa shape index (κ3) is 6.32. The fourth-order valence-electron chi connectivity index (χ4n) is 2.24. The Morgan fingerprint density at radius 2 is 1.70 bits per heavy atom. The first-order valence-electron chi connectivity index (χ1n) is 8.18. The highest BCUT2D eigenvalue weighted by atomic mass is 35.5. The molecule has 0 aliphatic rings. The van der Waals surface area contributed by atoms with Crippen molar-refractivity contribution in [1.29, 1.82) is 0 Å². The molecule has 27 heavy (non-hydrogen) atoms. The van der Waals surface area contributed by atoms with Crippen LogP contribution in [0.5, 0.6) is 17.2 Å². The van der Waals surface area contributed by atoms with Crippen LogP contribution in [0.15, 0.2) is 42.5 Å². The summed E-state index contributed by atoms with van der Waals surface area (Å²) in [5.74, 6) is -0.218. The molecular formula is C18H18ClF3O4S. The number of ether oxygens (including phenoxy) is 1. The molecule has 0 aliphatic heterocycles. The second-order valence-electron chi connectivity index (χ2n) is 5.74. The maximum Gasteiger partial charge on any atom is 0.417 e. The monoisotopic (exact) mass is 422 g/mol. The molecule has 148 valence electrons. The van der Waals surface area contributed by atoms with E-state index in [1.165, 1.54) is 36.4 Å². The van der Waals surface area contributed by atoms with Crippen LogP contribution in [-0.2, 0) is 16.3 Å². The van der Waals surface area contributed by atoms with Crippen LogP contribution in [0.1, 0.15) is 31.7 Å². The summed E-state index contributed by atoms with van der Waals surface area (Å²) in [6.45, 7) is 1.95. The van der Waals surface area contributed by atoms with Crippen molar-refractivity contribution in [3.63, 3.8) is 0 Å². The van der Waals surface area contributed by atoms with Crippen molar-refractivity contribution in [2.24, 2.45) is 0 Å². The topological polar surface area (TPSA) is 52.6 Å². The number of unbranched alkanes of at least 4 members (excludes halogenated alkanes) is 2. The molecular weight excluding hydrogens is 405 g/mol. The summed E-state index contributed by atoms with van der Waals surface area (Å²) in [4.78, 5) is 0. The van der Waals surface area contributed by atoms with Crippen LogP contribution in [-0.4, -0.2) is 14.2 Å². The fraction of sp³-hybridized carbons (Fsp3) is 0.333. The van der Waals surface area contributed by atoms with Crippen molar-refractivity contribution >= 4 is 21.7 Å². The van der Waals surface area contributed by atoms with Gasteiger partial charge in [0.05, 0.1) is 16.3 Å². The van der Waals surface area contributed by atoms with Crippen LogP contribution in [0, 0.1) is 0 Å². The highest BCUT2D eigenvalue weighted by Gasteiger charge is 2.34. The second kappa shape index (κ2) is 8.84. The van der Waals surface area contributed by atoms with Gasteiger partial charge in [-0.05, 0) is 30.7 Å². The third-order valence-electron chi connectivity index (χ3n) is 3.52. The highest BCUT2D eigenvalue weighted by Crippen LogP contribution is 2.40. The SMILES string of the molecule is CCCCCS(=O)(=O)Oc1cccc(Oc2cccc(C(F)(F)F)c2Cl)c1. The van der Waals surface area contributed by atoms with Crippen LogP contribution in [0.4, 0.5) is 13.2 Å². The van der Waals surface area contributed by atoms with Crippen LogP contribution in [0.3, 0.4) is 0 Å². The van der Waals surface area contributed by atoms with Crippen LogP contribution in [0.25, 0.3) is 0 Å². The van der Waals surface area contributed by atoms with Gasteiger partial charge in [-0.1, -0.05) is 43.5 Å². The van der Waals surface area contributed by atoms with E-state index in [0.717, 1.165) is 18.9 Å². The maximum absolute atomic E-state index is 12.9. The van der Waals surface area contributed by atoms with Crippen LogP contribution >= 0.6 is 11.6 Å². The molecule has 0 spiro atoms. The largest absolute Gasteiger partial charge is 0.456 e. The van der Waals surface area contributed by atoms with Crippen molar-refractivity contribution in [3.8, 4) is 17.2 Å². The molecule has 9 heteroatoms. The Morgan fingerprint density at radius 1 is 1.04 bits per heavy atom. The molecule has 0 fully saturated rings. The minimum Gasteiger partial charge on any atom is -0.456 e. The van der Waals surface area contributed by atoms with Gasteiger partial charge < -0.3 is 8.92 Å². The molecule has 0 N–H and O–H groups in total. The van der Waals surface area contributed by atoms with Gasteiger partial charge >= 0.3 is 16.3 Å². The summed E-state index contributed by atoms with van der Waals surface area (Å²) in [5, 5.41) is -0.580. The Bertz CT molecular complexity index is 882. The first kappa shape index (κ1) is 21.4. The molecule has 0 aromatic heterocycles. The number of hydrogen-bond acceptors (Lipinski definition) is 4. The predicted molar refractivity (Wildman–Crippen MR) is 96.9 cm³/mol. The smallest absolute Gasteiger partial charge is 0.417 e. The van der Waals surface area contributed by atoms with E-state index in [-0.39, 0.29) is 23.0 Å². The maximum atomic E-state index is 12.9. The average molecular weight is 423 g/mol. The molecule has 0 radical (unpaired) electrons. The summed E-state index contributed by atoms with van der Waals surface area (Å²) in [6.07, 6.45) is -2.50. The molecule has 4 nitrogen and oxygen atoms in total. The molecule has 0 saturated heterocycles. The minimum atomic E-state index is -4.62. The number of halogens is 4. The summed E-state index contributed by atoms with van der Waals surface area (Å²) in [5.41, 5.74) is -1.02. The molecule has 0 amide bonds. The number of hydrogen-bond donors (Lipinski definition) is 0. The van der Waals surface area contributed by atoms with E-state index in [4.69, 9.17) is 20.5 Å². The average Bonchev–Trinajstić information content (AvgIpc) is 2.56. The highest BCUT2D eigenvalue weighted by molar-refractivity contribution is 7.87. The Labute approximate surface area is 161 Å². The van der Waals surface area contributed by atoms with Gasteiger partial charge in [0.25, 0.3) is 0 Å². The molecule has 0 saturated carbocycles. The lowest BCUT2D eigenvalue weighted by atomic mass is 10.2. The van der Waals surface area contributed by atoms with E-state index in [2.05, 4.69) is 0 Å². The van der Waals surface area contributed by atoms with Gasteiger partial charge in [0.15, 0.2) is 0 Å². The lowest BCUT2D eigenvalue weighted by molar-refractivity contribution is -0.137. The Balaban J connectivity index is 2.17. The normalized spacial score (nSPS) is 12.0. The van der Waals surface area contributed by atoms with Gasteiger partial charge in [0.1, 0.15) is 17.2 Å². The first-order chi connectivity index (χ1) is 12.6. The lowest BCUT2D eigenvalue weighted by Gasteiger charge is -2.13. The molecule has 2 aromatic carbocycles. The van der Waals surface area contributed by atoms with Crippen LogP contribution < -0.4 is 8.92 Å². The van der Waals surface area contributed by atoms with Crippen molar-refractivity contribution in [3.05, 3.63) is 53.1 Å². The summed E-state index contributed by atoms with van der Waals surface area (Å²) >= 11 is 5.79. The number of benzene rings is 2. The molecule has 0 heterocycles. The van der Waals surface area contributed by atoms with Gasteiger partial charge in [-0.3, -0.25) is 0 Å². The van der Waals surface area contributed by atoms with Crippen LogP contribution in [0.2, 0.25) is 5.02 Å². The zero-order valence-electron chi connectivity index (χ0n) is 14.4. The minimum absolute atomic E-state index is 0.00657. The number of rotatable bonds is 8. The summed E-state index contributed by atoms with van der Waals surface area (Å²) < 4.78 is 73.0. The van der Waals surface area contributed by atoms with E-state index in [1.54, 1.807) is 0 Å². The summed E-state index contributed by atoms with van der Waals surface area (Å²) in [7, 11) is -3.76. The van der Waals surface area contributed by atoms with Crippen molar-refractivity contribution in [2.45, 2.75) is 32.4 Å². The molecule has 0 aliphatic carbocycles. The van der Waals surface area contributed by atoms with E-state index < -0.39 is 26.9 Å². The van der Waals surface area contributed by atoms with Crippen molar-refractivity contribution < 1.29 is 30.5 Å². The Hall–Kier alpha value is -1.93. The zero-order chi connectivity index (χ0) is 20.1. The molecule has 2 aromatic rings. The third-order valence-corrected chi connectivity index (χ3v) is 5.15.